The number of nitrogens with zero attached hydrogens (tertiary/aromatic N) is 3. The SMILES string of the molecule is Cc1nn(-c2ccc(Cl)cc2)c(C)c1CN1CCCC(O)C1. The molecular formula is C17H22ClN3O. The first kappa shape index (κ1) is 15.5. The third kappa shape index (κ3) is 3.19. The summed E-state index contributed by atoms with van der Waals surface area (Å²) in [5, 5.41) is 15.2. The van der Waals surface area contributed by atoms with Crippen molar-refractivity contribution in [2.45, 2.75) is 39.3 Å². The average Bonchev–Trinajstić information content (AvgIpc) is 2.76. The number of β-amino-alcohol motifs (C(OH)–C–C–N with tert-alkyl or cyclic N) is 1. The molecule has 2 aromatic rings. The molecule has 1 aromatic heterocycles. The largest absolute Gasteiger partial charge is 0.392 e. The summed E-state index contributed by atoms with van der Waals surface area (Å²) in [6.07, 6.45) is 1.78. The fourth-order valence-corrected chi connectivity index (χ4v) is 3.26. The Morgan fingerprint density at radius 3 is 2.68 bits per heavy atom. The number of rotatable bonds is 3. The van der Waals surface area contributed by atoms with E-state index in [2.05, 4.69) is 23.8 Å². The van der Waals surface area contributed by atoms with Gasteiger partial charge < -0.3 is 5.11 Å². The molecule has 1 N–H and O–H groups in total. The molecule has 4 nitrogen and oxygen atoms in total. The Hall–Kier alpha value is -1.36. The highest BCUT2D eigenvalue weighted by Gasteiger charge is 2.21. The van der Waals surface area contributed by atoms with Gasteiger partial charge in [0.2, 0.25) is 0 Å². The molecule has 3 rings (SSSR count). The van der Waals surface area contributed by atoms with Gasteiger partial charge in [0.15, 0.2) is 0 Å². The maximum atomic E-state index is 9.83. The second-order valence-electron chi connectivity index (χ2n) is 6.07. The van der Waals surface area contributed by atoms with Crippen LogP contribution in [-0.2, 0) is 6.54 Å². The van der Waals surface area contributed by atoms with Crippen LogP contribution in [0.15, 0.2) is 24.3 Å². The lowest BCUT2D eigenvalue weighted by Crippen LogP contribution is -2.37. The standard InChI is InChI=1S/C17H22ClN3O/c1-12-17(11-20-9-3-4-16(22)10-20)13(2)21(19-12)15-7-5-14(18)6-8-15/h5-8,16,22H,3-4,9-11H2,1-2H3. The van der Waals surface area contributed by atoms with Crippen molar-refractivity contribution in [3.05, 3.63) is 46.2 Å². The minimum atomic E-state index is -0.194. The molecule has 1 saturated heterocycles. The van der Waals surface area contributed by atoms with E-state index in [-0.39, 0.29) is 6.10 Å². The number of aromatic nitrogens is 2. The summed E-state index contributed by atoms with van der Waals surface area (Å²) in [7, 11) is 0. The van der Waals surface area contributed by atoms with Crippen LogP contribution in [0.5, 0.6) is 0 Å². The Bertz CT molecular complexity index is 651. The number of piperidine rings is 1. The average molecular weight is 320 g/mol. The Balaban J connectivity index is 1.85. The lowest BCUT2D eigenvalue weighted by molar-refractivity contribution is 0.0666. The maximum absolute atomic E-state index is 9.83. The van der Waals surface area contributed by atoms with Crippen LogP contribution in [0.4, 0.5) is 0 Å². The zero-order valence-electron chi connectivity index (χ0n) is 13.1. The van der Waals surface area contributed by atoms with Crippen LogP contribution in [0.2, 0.25) is 5.02 Å². The van der Waals surface area contributed by atoms with Crippen LogP contribution in [-0.4, -0.2) is 39.0 Å². The monoisotopic (exact) mass is 319 g/mol. The molecule has 1 aromatic carbocycles. The van der Waals surface area contributed by atoms with E-state index >= 15 is 0 Å². The van der Waals surface area contributed by atoms with Crippen LogP contribution < -0.4 is 0 Å². The van der Waals surface area contributed by atoms with Gasteiger partial charge in [-0.1, -0.05) is 11.6 Å². The van der Waals surface area contributed by atoms with Gasteiger partial charge in [0.1, 0.15) is 0 Å². The summed E-state index contributed by atoms with van der Waals surface area (Å²) in [5.74, 6) is 0. The minimum Gasteiger partial charge on any atom is -0.392 e. The zero-order valence-corrected chi connectivity index (χ0v) is 13.8. The van der Waals surface area contributed by atoms with Crippen molar-refractivity contribution in [1.82, 2.24) is 14.7 Å². The Labute approximate surface area is 136 Å². The molecule has 5 heteroatoms. The van der Waals surface area contributed by atoms with Crippen LogP contribution in [0, 0.1) is 13.8 Å². The molecule has 1 unspecified atom stereocenters. The summed E-state index contributed by atoms with van der Waals surface area (Å²) in [4.78, 5) is 2.32. The molecule has 22 heavy (non-hydrogen) atoms. The Morgan fingerprint density at radius 2 is 2.00 bits per heavy atom. The molecule has 0 spiro atoms. The van der Waals surface area contributed by atoms with Crippen LogP contribution in [0.3, 0.4) is 0 Å². The Morgan fingerprint density at radius 1 is 1.27 bits per heavy atom. The zero-order chi connectivity index (χ0) is 15.7. The van der Waals surface area contributed by atoms with Crippen LogP contribution in [0.25, 0.3) is 5.69 Å². The molecule has 1 atom stereocenters. The predicted octanol–water partition coefficient (Wildman–Crippen LogP) is 3.10. The van der Waals surface area contributed by atoms with E-state index in [1.54, 1.807) is 0 Å². The number of aryl methyl sites for hydroxylation is 1. The van der Waals surface area contributed by atoms with Crippen molar-refractivity contribution in [2.24, 2.45) is 0 Å². The van der Waals surface area contributed by atoms with E-state index in [4.69, 9.17) is 11.6 Å². The quantitative estimate of drug-likeness (QED) is 0.945. The predicted molar refractivity (Wildman–Crippen MR) is 88.6 cm³/mol. The minimum absolute atomic E-state index is 0.194. The van der Waals surface area contributed by atoms with E-state index in [1.165, 1.54) is 5.56 Å². The van der Waals surface area contributed by atoms with Gasteiger partial charge >= 0.3 is 0 Å². The van der Waals surface area contributed by atoms with Crippen molar-refractivity contribution < 1.29 is 5.11 Å². The molecule has 1 fully saturated rings. The first-order chi connectivity index (χ1) is 10.5. The van der Waals surface area contributed by atoms with Gasteiger partial charge in [-0.05, 0) is 57.5 Å². The molecule has 1 aliphatic rings. The normalized spacial score (nSPS) is 19.5. The molecule has 0 bridgehead atoms. The highest BCUT2D eigenvalue weighted by Crippen LogP contribution is 2.22. The number of aliphatic hydroxyl groups is 1. The molecule has 0 radical (unpaired) electrons. The Kier molecular flexibility index (Phi) is 4.52. The highest BCUT2D eigenvalue weighted by atomic mass is 35.5. The molecule has 118 valence electrons. The number of halogens is 1. The third-order valence-electron chi connectivity index (χ3n) is 4.37. The van der Waals surface area contributed by atoms with Gasteiger partial charge in [0.05, 0.1) is 17.5 Å². The van der Waals surface area contributed by atoms with Gasteiger partial charge in [-0.2, -0.15) is 5.10 Å². The molecular weight excluding hydrogens is 298 g/mol. The van der Waals surface area contributed by atoms with Crippen LogP contribution in [0.1, 0.15) is 29.8 Å². The second-order valence-corrected chi connectivity index (χ2v) is 6.51. The lowest BCUT2D eigenvalue weighted by atomic mass is 10.1. The van der Waals surface area contributed by atoms with E-state index in [1.807, 2.05) is 28.9 Å². The molecule has 2 heterocycles. The summed E-state index contributed by atoms with van der Waals surface area (Å²) < 4.78 is 1.97. The van der Waals surface area contributed by atoms with Crippen molar-refractivity contribution in [1.29, 1.82) is 0 Å². The fraction of sp³-hybridized carbons (Fsp3) is 0.471. The second kappa shape index (κ2) is 6.41. The third-order valence-corrected chi connectivity index (χ3v) is 4.63. The van der Waals surface area contributed by atoms with Gasteiger partial charge in [-0.25, -0.2) is 4.68 Å². The van der Waals surface area contributed by atoms with Crippen molar-refractivity contribution in [3.8, 4) is 5.69 Å². The van der Waals surface area contributed by atoms with Crippen LogP contribution >= 0.6 is 11.6 Å². The molecule has 0 amide bonds. The van der Waals surface area contributed by atoms with E-state index in [9.17, 15) is 5.11 Å². The summed E-state index contributed by atoms with van der Waals surface area (Å²) in [6.45, 7) is 6.80. The van der Waals surface area contributed by atoms with Gasteiger partial charge in [-0.15, -0.1) is 0 Å². The summed E-state index contributed by atoms with van der Waals surface area (Å²) in [6, 6.07) is 7.73. The number of benzene rings is 1. The molecule has 0 saturated carbocycles. The van der Waals surface area contributed by atoms with Gasteiger partial charge in [-0.3, -0.25) is 4.90 Å². The first-order valence-corrected chi connectivity index (χ1v) is 8.14. The van der Waals surface area contributed by atoms with E-state index in [0.717, 1.165) is 54.6 Å². The smallest absolute Gasteiger partial charge is 0.0667 e. The highest BCUT2D eigenvalue weighted by molar-refractivity contribution is 6.30. The molecule has 1 aliphatic heterocycles. The first-order valence-electron chi connectivity index (χ1n) is 7.76. The molecule has 0 aliphatic carbocycles. The van der Waals surface area contributed by atoms with Crippen molar-refractivity contribution in [2.75, 3.05) is 13.1 Å². The van der Waals surface area contributed by atoms with Crippen molar-refractivity contribution in [3.63, 3.8) is 0 Å². The van der Waals surface area contributed by atoms with Gasteiger partial charge in [0.25, 0.3) is 0 Å². The van der Waals surface area contributed by atoms with Gasteiger partial charge in [0, 0.05) is 29.4 Å². The van der Waals surface area contributed by atoms with E-state index < -0.39 is 0 Å². The summed E-state index contributed by atoms with van der Waals surface area (Å²) >= 11 is 5.96. The number of hydrogen-bond donors (Lipinski definition) is 1. The number of hydrogen-bond acceptors (Lipinski definition) is 3. The number of aliphatic hydroxyl groups excluding tert-OH is 1. The number of likely N-dealkylation sites (tertiary alicyclic amines) is 1. The summed E-state index contributed by atoms with van der Waals surface area (Å²) in [5.41, 5.74) is 4.48. The van der Waals surface area contributed by atoms with E-state index in [0.29, 0.717) is 0 Å². The maximum Gasteiger partial charge on any atom is 0.0667 e. The lowest BCUT2D eigenvalue weighted by Gasteiger charge is -2.30. The topological polar surface area (TPSA) is 41.3 Å². The van der Waals surface area contributed by atoms with Crippen molar-refractivity contribution >= 4 is 11.6 Å². The fourth-order valence-electron chi connectivity index (χ4n) is 3.14.